The molecule has 0 amide bonds. The van der Waals surface area contributed by atoms with Gasteiger partial charge in [-0.2, -0.15) is 0 Å². The van der Waals surface area contributed by atoms with Gasteiger partial charge in [-0.1, -0.05) is 46.0 Å². The Kier molecular flexibility index (Phi) is 6.92. The summed E-state index contributed by atoms with van der Waals surface area (Å²) in [7, 11) is -0.158. The maximum atomic E-state index is 6.80. The molecule has 0 aromatic carbocycles. The highest BCUT2D eigenvalue weighted by Gasteiger charge is 2.46. The van der Waals surface area contributed by atoms with E-state index in [1.165, 1.54) is 0 Å². The Labute approximate surface area is 225 Å². The Morgan fingerprint density at radius 1 is 1.16 bits per heavy atom. The Morgan fingerprint density at radius 2 is 1.92 bits per heavy atom. The van der Waals surface area contributed by atoms with Crippen molar-refractivity contribution in [3.05, 3.63) is 24.0 Å². The standard InChI is InChI=1S/C27H42N6O2SSi/c1-16(2)22-10-9-19(24(30-22)34-6)23-13-29-25-33(23)31-26(36-25)32-14-17-11-18(12-21(28)20(17)15-32)35-37(7,8)27(3,4)5/h9-10,13,16-18,20-21H,11-12,14-15,28H2,1-8H3/t17-,18?,20+,21-/m1/s1. The summed E-state index contributed by atoms with van der Waals surface area (Å²) in [6.45, 7) is 17.8. The second-order valence-corrected chi connectivity index (χ2v) is 18.3. The van der Waals surface area contributed by atoms with E-state index in [4.69, 9.17) is 25.0 Å². The lowest BCUT2D eigenvalue weighted by Gasteiger charge is -2.43. The molecular formula is C27H42N6O2SSi. The number of nitrogens with zero attached hydrogens (tertiary/aromatic N) is 5. The normalized spacial score (nSPS) is 24.8. The molecule has 0 radical (unpaired) electrons. The molecule has 0 spiro atoms. The van der Waals surface area contributed by atoms with E-state index in [0.29, 0.717) is 23.6 Å². The van der Waals surface area contributed by atoms with Crippen LogP contribution in [-0.2, 0) is 4.43 Å². The number of nitrogens with two attached hydrogens (primary N) is 1. The van der Waals surface area contributed by atoms with Crippen LogP contribution >= 0.6 is 11.3 Å². The number of fused-ring (bicyclic) bond motifs is 2. The first-order valence-electron chi connectivity index (χ1n) is 13.5. The van der Waals surface area contributed by atoms with E-state index < -0.39 is 8.32 Å². The van der Waals surface area contributed by atoms with Crippen molar-refractivity contribution in [3.63, 3.8) is 0 Å². The Morgan fingerprint density at radius 3 is 2.59 bits per heavy atom. The van der Waals surface area contributed by atoms with Crippen LogP contribution in [0.2, 0.25) is 18.1 Å². The Bertz CT molecular complexity index is 1270. The third kappa shape index (κ3) is 4.93. The number of methoxy groups -OCH3 is 1. The number of rotatable bonds is 6. The topological polar surface area (TPSA) is 90.8 Å². The molecular weight excluding hydrogens is 500 g/mol. The zero-order valence-corrected chi connectivity index (χ0v) is 25.3. The van der Waals surface area contributed by atoms with Gasteiger partial charge < -0.3 is 19.8 Å². The smallest absolute Gasteiger partial charge is 0.222 e. The van der Waals surface area contributed by atoms with E-state index >= 15 is 0 Å². The van der Waals surface area contributed by atoms with Gasteiger partial charge in [0.15, 0.2) is 8.32 Å². The first-order chi connectivity index (χ1) is 17.4. The molecule has 4 atom stereocenters. The summed E-state index contributed by atoms with van der Waals surface area (Å²) >= 11 is 1.63. The second-order valence-electron chi connectivity index (χ2n) is 12.6. The lowest BCUT2D eigenvalue weighted by atomic mass is 9.77. The zero-order valence-electron chi connectivity index (χ0n) is 23.5. The van der Waals surface area contributed by atoms with Crippen molar-refractivity contribution in [2.24, 2.45) is 17.6 Å². The van der Waals surface area contributed by atoms with Gasteiger partial charge in [0.1, 0.15) is 0 Å². The molecule has 1 saturated heterocycles. The first-order valence-corrected chi connectivity index (χ1v) is 17.2. The minimum absolute atomic E-state index is 0.160. The van der Waals surface area contributed by atoms with Crippen LogP contribution in [0.3, 0.4) is 0 Å². The van der Waals surface area contributed by atoms with Gasteiger partial charge in [-0.25, -0.2) is 14.5 Å². The summed E-state index contributed by atoms with van der Waals surface area (Å²) in [5.74, 6) is 1.94. The molecule has 202 valence electrons. The van der Waals surface area contributed by atoms with Gasteiger partial charge in [-0.05, 0) is 60.9 Å². The fourth-order valence-corrected chi connectivity index (χ4v) is 7.78. The second kappa shape index (κ2) is 9.62. The number of aromatic nitrogens is 4. The van der Waals surface area contributed by atoms with E-state index in [1.54, 1.807) is 18.4 Å². The SMILES string of the molecule is COc1nc(C(C)C)ccc1-c1cnc2sc(N3C[C@H]4CC(O[Si](C)(C)C(C)(C)C)C[C@@H](N)[C@H]4C3)nn12. The summed E-state index contributed by atoms with van der Waals surface area (Å²) in [6, 6.07) is 4.28. The lowest BCUT2D eigenvalue weighted by Crippen LogP contribution is -2.50. The van der Waals surface area contributed by atoms with Gasteiger partial charge in [-0.15, -0.1) is 5.10 Å². The van der Waals surface area contributed by atoms with Crippen LogP contribution in [0.15, 0.2) is 18.3 Å². The number of ether oxygens (including phenoxy) is 1. The first kappa shape index (κ1) is 26.6. The lowest BCUT2D eigenvalue weighted by molar-refractivity contribution is 0.0814. The van der Waals surface area contributed by atoms with Crippen LogP contribution in [0.5, 0.6) is 5.88 Å². The van der Waals surface area contributed by atoms with E-state index in [0.717, 1.165) is 53.0 Å². The van der Waals surface area contributed by atoms with Crippen molar-refractivity contribution in [1.82, 2.24) is 19.6 Å². The summed E-state index contributed by atoms with van der Waals surface area (Å²) in [4.78, 5) is 12.7. The third-order valence-electron chi connectivity index (χ3n) is 8.70. The Hall–Kier alpha value is -2.01. The summed E-state index contributed by atoms with van der Waals surface area (Å²) < 4.78 is 14.4. The highest BCUT2D eigenvalue weighted by Crippen LogP contribution is 2.44. The van der Waals surface area contributed by atoms with Crippen molar-refractivity contribution < 1.29 is 9.16 Å². The van der Waals surface area contributed by atoms with Crippen LogP contribution in [0.25, 0.3) is 16.2 Å². The van der Waals surface area contributed by atoms with Gasteiger partial charge in [0.05, 0.1) is 24.6 Å². The van der Waals surface area contributed by atoms with E-state index in [9.17, 15) is 0 Å². The van der Waals surface area contributed by atoms with Crippen LogP contribution < -0.4 is 15.4 Å². The minimum atomic E-state index is -1.82. The molecule has 1 unspecified atom stereocenters. The van der Waals surface area contributed by atoms with Gasteiger partial charge >= 0.3 is 0 Å². The van der Waals surface area contributed by atoms with Crippen molar-refractivity contribution in [2.45, 2.75) is 83.7 Å². The van der Waals surface area contributed by atoms with Gasteiger partial charge in [0, 0.05) is 30.9 Å². The molecule has 1 saturated carbocycles. The van der Waals surface area contributed by atoms with Crippen molar-refractivity contribution in [1.29, 1.82) is 0 Å². The minimum Gasteiger partial charge on any atom is -0.480 e. The number of pyridine rings is 1. The van der Waals surface area contributed by atoms with Gasteiger partial charge in [0.2, 0.25) is 16.0 Å². The molecule has 2 N–H and O–H groups in total. The number of hydrogen-bond acceptors (Lipinski definition) is 8. The molecule has 1 aliphatic heterocycles. The largest absolute Gasteiger partial charge is 0.480 e. The molecule has 0 bridgehead atoms. The highest BCUT2D eigenvalue weighted by atomic mass is 32.1. The molecule has 2 aliphatic rings. The van der Waals surface area contributed by atoms with Crippen LogP contribution in [-0.4, -0.2) is 60.2 Å². The van der Waals surface area contributed by atoms with Crippen LogP contribution in [0.4, 0.5) is 5.13 Å². The average Bonchev–Trinajstić information content (AvgIpc) is 3.51. The third-order valence-corrected chi connectivity index (χ3v) is 14.2. The molecule has 2 fully saturated rings. The summed E-state index contributed by atoms with van der Waals surface area (Å²) in [6.07, 6.45) is 4.15. The summed E-state index contributed by atoms with van der Waals surface area (Å²) in [5.41, 5.74) is 9.56. The van der Waals surface area contributed by atoms with Crippen LogP contribution in [0, 0.1) is 11.8 Å². The summed E-state index contributed by atoms with van der Waals surface area (Å²) in [5, 5.41) is 6.21. The molecule has 4 heterocycles. The van der Waals surface area contributed by atoms with Gasteiger partial charge in [0.25, 0.3) is 0 Å². The quantitative estimate of drug-likeness (QED) is 0.409. The fraction of sp³-hybridized carbons (Fsp3) is 0.667. The Balaban J connectivity index is 1.36. The monoisotopic (exact) mass is 542 g/mol. The number of hydrogen-bond donors (Lipinski definition) is 1. The maximum absolute atomic E-state index is 6.80. The van der Waals surface area contributed by atoms with Crippen molar-refractivity contribution in [2.75, 3.05) is 25.1 Å². The van der Waals surface area contributed by atoms with E-state index in [2.05, 4.69) is 69.7 Å². The number of imidazole rings is 1. The average molecular weight is 543 g/mol. The molecule has 10 heteroatoms. The van der Waals surface area contributed by atoms with Gasteiger partial charge in [-0.3, -0.25) is 0 Å². The number of anilines is 1. The molecule has 37 heavy (non-hydrogen) atoms. The fourth-order valence-electron chi connectivity index (χ4n) is 5.51. The zero-order chi connectivity index (χ0) is 26.7. The maximum Gasteiger partial charge on any atom is 0.222 e. The predicted octanol–water partition coefficient (Wildman–Crippen LogP) is 5.55. The predicted molar refractivity (Wildman–Crippen MR) is 153 cm³/mol. The van der Waals surface area contributed by atoms with E-state index in [-0.39, 0.29) is 17.2 Å². The highest BCUT2D eigenvalue weighted by molar-refractivity contribution is 7.20. The molecule has 8 nitrogen and oxygen atoms in total. The van der Waals surface area contributed by atoms with Crippen molar-refractivity contribution in [3.8, 4) is 17.1 Å². The molecule has 3 aromatic heterocycles. The van der Waals surface area contributed by atoms with Crippen LogP contribution in [0.1, 0.15) is 59.1 Å². The molecule has 3 aromatic rings. The molecule has 5 rings (SSSR count). The van der Waals surface area contributed by atoms with Crippen molar-refractivity contribution >= 4 is 29.7 Å². The molecule has 1 aliphatic carbocycles. The van der Waals surface area contributed by atoms with E-state index in [1.807, 2.05) is 10.7 Å².